The highest BCUT2D eigenvalue weighted by molar-refractivity contribution is 5.96. The normalized spacial score (nSPS) is 20.8. The molecule has 2 aromatic rings. The second kappa shape index (κ2) is 11.1. The number of amides is 2. The molecule has 3 heterocycles. The van der Waals surface area contributed by atoms with E-state index in [1.807, 2.05) is 26.8 Å². The first-order valence-corrected chi connectivity index (χ1v) is 13.1. The van der Waals surface area contributed by atoms with E-state index in [0.717, 1.165) is 19.4 Å². The molecule has 208 valence electrons. The standard InChI is InChI=1S/C28H35FN6O4/c1-18(2)25(36)34(13-10-30)20-14-19(29)6-7-21(20)38-22-15-32-17-33-23(22)24-28(8-11-31-16-28)9-12-35(24)26(37)39-27(3,4)5/h6-7,14-15,17-18,24,31H,8-9,11-13,16H2,1-5H3. The molecule has 1 spiro atoms. The largest absolute Gasteiger partial charge is 0.452 e. The van der Waals surface area contributed by atoms with Crippen LogP contribution in [-0.2, 0) is 9.53 Å². The highest BCUT2D eigenvalue weighted by atomic mass is 19.1. The highest BCUT2D eigenvalue weighted by Crippen LogP contribution is 2.53. The number of hydrogen-bond acceptors (Lipinski definition) is 8. The summed E-state index contributed by atoms with van der Waals surface area (Å²) >= 11 is 0. The molecule has 1 aromatic heterocycles. The summed E-state index contributed by atoms with van der Waals surface area (Å²) in [6.45, 7) is 10.6. The van der Waals surface area contributed by atoms with Crippen molar-refractivity contribution in [1.29, 1.82) is 5.26 Å². The molecule has 2 fully saturated rings. The summed E-state index contributed by atoms with van der Waals surface area (Å²) in [6, 6.07) is 5.31. The lowest BCUT2D eigenvalue weighted by Crippen LogP contribution is -2.40. The van der Waals surface area contributed by atoms with E-state index in [1.165, 1.54) is 35.6 Å². The number of likely N-dealkylation sites (tertiary alicyclic amines) is 1. The number of rotatable bonds is 6. The van der Waals surface area contributed by atoms with Crippen molar-refractivity contribution in [2.45, 2.75) is 59.1 Å². The van der Waals surface area contributed by atoms with Gasteiger partial charge in [0.05, 0.1) is 24.0 Å². The van der Waals surface area contributed by atoms with Crippen molar-refractivity contribution in [2.75, 3.05) is 31.1 Å². The summed E-state index contributed by atoms with van der Waals surface area (Å²) in [4.78, 5) is 37.9. The Hall–Kier alpha value is -3.78. The number of nitrogens with zero attached hydrogens (tertiary/aromatic N) is 5. The maximum Gasteiger partial charge on any atom is 0.410 e. The van der Waals surface area contributed by atoms with E-state index >= 15 is 0 Å². The summed E-state index contributed by atoms with van der Waals surface area (Å²) < 4.78 is 26.4. The van der Waals surface area contributed by atoms with Crippen molar-refractivity contribution in [2.24, 2.45) is 11.3 Å². The second-order valence-corrected chi connectivity index (χ2v) is 11.3. The van der Waals surface area contributed by atoms with Crippen LogP contribution in [-0.4, -0.2) is 58.6 Å². The van der Waals surface area contributed by atoms with Crippen molar-refractivity contribution in [1.82, 2.24) is 20.2 Å². The van der Waals surface area contributed by atoms with Crippen LogP contribution in [0.2, 0.25) is 0 Å². The third-order valence-electron chi connectivity index (χ3n) is 7.03. The van der Waals surface area contributed by atoms with Crippen LogP contribution in [0.3, 0.4) is 0 Å². The molecule has 1 N–H and O–H groups in total. The molecule has 2 atom stereocenters. The van der Waals surface area contributed by atoms with Gasteiger partial charge < -0.3 is 14.8 Å². The first kappa shape index (κ1) is 28.2. The Morgan fingerprint density at radius 2 is 2.08 bits per heavy atom. The number of halogens is 1. The maximum atomic E-state index is 14.4. The predicted octanol–water partition coefficient (Wildman–Crippen LogP) is 4.58. The lowest BCUT2D eigenvalue weighted by Gasteiger charge is -2.35. The van der Waals surface area contributed by atoms with Crippen molar-refractivity contribution in [3.63, 3.8) is 0 Å². The Labute approximate surface area is 228 Å². The molecule has 0 bridgehead atoms. The van der Waals surface area contributed by atoms with Crippen LogP contribution in [0.25, 0.3) is 0 Å². The number of nitriles is 1. The van der Waals surface area contributed by atoms with Crippen LogP contribution >= 0.6 is 0 Å². The SMILES string of the molecule is CC(C)C(=O)N(CC#N)c1cc(F)ccc1Oc1cncnc1C1N(C(=O)OC(C)(C)C)CCC12CCNC2. The topological polar surface area (TPSA) is 121 Å². The van der Waals surface area contributed by atoms with Crippen LogP contribution in [0.15, 0.2) is 30.7 Å². The molecular weight excluding hydrogens is 503 g/mol. The summed E-state index contributed by atoms with van der Waals surface area (Å²) in [5.41, 5.74) is -0.339. The first-order valence-electron chi connectivity index (χ1n) is 13.1. The molecule has 10 nitrogen and oxygen atoms in total. The smallest absolute Gasteiger partial charge is 0.410 e. The fourth-order valence-corrected chi connectivity index (χ4v) is 5.28. The van der Waals surface area contributed by atoms with Gasteiger partial charge in [-0.25, -0.2) is 19.2 Å². The molecule has 2 unspecified atom stereocenters. The first-order chi connectivity index (χ1) is 18.5. The van der Waals surface area contributed by atoms with Crippen LogP contribution in [0.4, 0.5) is 14.9 Å². The molecule has 1 aromatic carbocycles. The van der Waals surface area contributed by atoms with E-state index in [1.54, 1.807) is 18.7 Å². The molecule has 2 amide bonds. The van der Waals surface area contributed by atoms with E-state index in [4.69, 9.17) is 9.47 Å². The number of ether oxygens (including phenoxy) is 2. The predicted molar refractivity (Wildman–Crippen MR) is 142 cm³/mol. The van der Waals surface area contributed by atoms with Gasteiger partial charge in [0.2, 0.25) is 5.91 Å². The third kappa shape index (κ3) is 5.96. The molecular formula is C28H35FN6O4. The number of carbonyl (C=O) groups excluding carboxylic acids is 2. The zero-order valence-corrected chi connectivity index (χ0v) is 23.0. The molecule has 11 heteroatoms. The lowest BCUT2D eigenvalue weighted by molar-refractivity contribution is -0.121. The van der Waals surface area contributed by atoms with Gasteiger partial charge >= 0.3 is 6.09 Å². The fraction of sp³-hybridized carbons (Fsp3) is 0.536. The highest BCUT2D eigenvalue weighted by Gasteiger charge is 2.53. The Morgan fingerprint density at radius 3 is 2.72 bits per heavy atom. The van der Waals surface area contributed by atoms with E-state index in [9.17, 15) is 19.2 Å². The molecule has 39 heavy (non-hydrogen) atoms. The van der Waals surface area contributed by atoms with Crippen LogP contribution in [0.1, 0.15) is 59.2 Å². The molecule has 2 aliphatic heterocycles. The average Bonchev–Trinajstić information content (AvgIpc) is 3.50. The average molecular weight is 539 g/mol. The Morgan fingerprint density at radius 1 is 1.31 bits per heavy atom. The van der Waals surface area contributed by atoms with Crippen molar-refractivity contribution in [3.8, 4) is 17.6 Å². The summed E-state index contributed by atoms with van der Waals surface area (Å²) in [6.07, 6.45) is 4.05. The van der Waals surface area contributed by atoms with Gasteiger partial charge in [0.15, 0.2) is 11.5 Å². The molecule has 0 radical (unpaired) electrons. The number of carbonyl (C=O) groups is 2. The van der Waals surface area contributed by atoms with Gasteiger partial charge in [-0.2, -0.15) is 5.26 Å². The molecule has 0 saturated carbocycles. The molecule has 0 aliphatic carbocycles. The van der Waals surface area contributed by atoms with Gasteiger partial charge in [-0.1, -0.05) is 13.8 Å². The fourth-order valence-electron chi connectivity index (χ4n) is 5.28. The van der Waals surface area contributed by atoms with Crippen molar-refractivity contribution in [3.05, 3.63) is 42.2 Å². The molecule has 4 rings (SSSR count). The summed E-state index contributed by atoms with van der Waals surface area (Å²) in [7, 11) is 0. The maximum absolute atomic E-state index is 14.4. The minimum absolute atomic E-state index is 0.123. The van der Waals surface area contributed by atoms with Crippen LogP contribution in [0.5, 0.6) is 11.5 Å². The van der Waals surface area contributed by atoms with Crippen molar-refractivity contribution >= 4 is 17.7 Å². The quantitative estimate of drug-likeness (QED) is 0.531. The van der Waals surface area contributed by atoms with Gasteiger partial charge in [-0.15, -0.1) is 0 Å². The Bertz CT molecular complexity index is 1270. The van der Waals surface area contributed by atoms with E-state index < -0.39 is 29.5 Å². The monoisotopic (exact) mass is 538 g/mol. The Balaban J connectivity index is 1.77. The van der Waals surface area contributed by atoms with Gasteiger partial charge in [0.1, 0.15) is 30.0 Å². The second-order valence-electron chi connectivity index (χ2n) is 11.3. The van der Waals surface area contributed by atoms with E-state index in [-0.39, 0.29) is 35.1 Å². The van der Waals surface area contributed by atoms with Gasteiger partial charge in [-0.05, 0) is 52.3 Å². The van der Waals surface area contributed by atoms with Gasteiger partial charge in [0.25, 0.3) is 0 Å². The van der Waals surface area contributed by atoms with E-state index in [0.29, 0.717) is 18.8 Å². The molecule has 2 aliphatic rings. The van der Waals surface area contributed by atoms with Gasteiger partial charge in [-0.3, -0.25) is 14.6 Å². The number of hydrogen-bond donors (Lipinski definition) is 1. The Kier molecular flexibility index (Phi) is 8.07. The number of nitrogens with one attached hydrogen (secondary N) is 1. The minimum Gasteiger partial charge on any atom is -0.452 e. The summed E-state index contributed by atoms with van der Waals surface area (Å²) in [5.74, 6) is -0.924. The zero-order chi connectivity index (χ0) is 28.4. The number of anilines is 1. The summed E-state index contributed by atoms with van der Waals surface area (Å²) in [5, 5.41) is 12.8. The van der Waals surface area contributed by atoms with Gasteiger partial charge in [0, 0.05) is 30.5 Å². The minimum atomic E-state index is -0.674. The third-order valence-corrected chi connectivity index (χ3v) is 7.03. The number of aromatic nitrogens is 2. The lowest BCUT2D eigenvalue weighted by atomic mass is 9.78. The van der Waals surface area contributed by atoms with E-state index in [2.05, 4.69) is 15.3 Å². The van der Waals surface area contributed by atoms with Crippen molar-refractivity contribution < 1.29 is 23.5 Å². The van der Waals surface area contributed by atoms with Crippen LogP contribution in [0, 0.1) is 28.5 Å². The van der Waals surface area contributed by atoms with Crippen LogP contribution < -0.4 is 15.0 Å². The zero-order valence-electron chi connectivity index (χ0n) is 23.0. The molecule has 2 saturated heterocycles. The number of benzene rings is 1.